The summed E-state index contributed by atoms with van der Waals surface area (Å²) < 4.78 is 9.87. The summed E-state index contributed by atoms with van der Waals surface area (Å²) in [6.45, 7) is 0.555. The first kappa shape index (κ1) is 14.8. The number of rotatable bonds is 6. The summed E-state index contributed by atoms with van der Waals surface area (Å²) in [6.07, 6.45) is 4.79. The molecule has 2 rings (SSSR count). The Bertz CT molecular complexity index is 581. The molecule has 0 aliphatic carbocycles. The standard InChI is InChI=1S/C15H16N2O4/c1-20-14(18)6-9-17(11-13-3-2-10-21-13)15(19)12-4-7-16-8-5-12/h2-5,7-8,10H,6,9,11H2,1H3. The lowest BCUT2D eigenvalue weighted by Gasteiger charge is -2.21. The van der Waals surface area contributed by atoms with Gasteiger partial charge in [-0.05, 0) is 24.3 Å². The molecule has 0 N–H and O–H groups in total. The van der Waals surface area contributed by atoms with Gasteiger partial charge in [0.05, 0.1) is 26.3 Å². The fourth-order valence-electron chi connectivity index (χ4n) is 1.85. The molecule has 2 aromatic rings. The lowest BCUT2D eigenvalue weighted by molar-refractivity contribution is -0.140. The third-order valence-electron chi connectivity index (χ3n) is 2.95. The summed E-state index contributed by atoms with van der Waals surface area (Å²) >= 11 is 0. The van der Waals surface area contributed by atoms with Gasteiger partial charge in [-0.3, -0.25) is 14.6 Å². The minimum Gasteiger partial charge on any atom is -0.469 e. The van der Waals surface area contributed by atoms with Crippen molar-refractivity contribution in [3.63, 3.8) is 0 Å². The van der Waals surface area contributed by atoms with Gasteiger partial charge in [0.1, 0.15) is 5.76 Å². The highest BCUT2D eigenvalue weighted by atomic mass is 16.5. The molecule has 0 radical (unpaired) electrons. The third-order valence-corrected chi connectivity index (χ3v) is 2.95. The van der Waals surface area contributed by atoms with Crippen LogP contribution in [0, 0.1) is 0 Å². The maximum Gasteiger partial charge on any atom is 0.307 e. The van der Waals surface area contributed by atoms with E-state index >= 15 is 0 Å². The molecule has 1 amide bonds. The van der Waals surface area contributed by atoms with Crippen LogP contribution in [0.3, 0.4) is 0 Å². The Morgan fingerprint density at radius 1 is 1.29 bits per heavy atom. The Morgan fingerprint density at radius 2 is 2.05 bits per heavy atom. The lowest BCUT2D eigenvalue weighted by Crippen LogP contribution is -2.32. The summed E-state index contributed by atoms with van der Waals surface area (Å²) in [6, 6.07) is 6.81. The third kappa shape index (κ3) is 4.17. The predicted octanol–water partition coefficient (Wildman–Crippen LogP) is 1.88. The van der Waals surface area contributed by atoms with Gasteiger partial charge in [0.15, 0.2) is 0 Å². The van der Waals surface area contributed by atoms with Crippen LogP contribution in [0.1, 0.15) is 22.5 Å². The average molecular weight is 288 g/mol. The van der Waals surface area contributed by atoms with Crippen LogP contribution >= 0.6 is 0 Å². The summed E-state index contributed by atoms with van der Waals surface area (Å²) in [5.74, 6) is 0.113. The first-order valence-electron chi connectivity index (χ1n) is 6.49. The second-order valence-corrected chi connectivity index (χ2v) is 4.37. The van der Waals surface area contributed by atoms with Crippen LogP contribution in [-0.2, 0) is 16.1 Å². The first-order chi connectivity index (χ1) is 10.2. The predicted molar refractivity (Wildman–Crippen MR) is 74.3 cm³/mol. The van der Waals surface area contributed by atoms with Crippen LogP contribution in [0.5, 0.6) is 0 Å². The molecule has 110 valence electrons. The van der Waals surface area contributed by atoms with E-state index in [4.69, 9.17) is 4.42 Å². The van der Waals surface area contributed by atoms with Crippen LogP contribution in [-0.4, -0.2) is 35.4 Å². The minimum atomic E-state index is -0.359. The highest BCUT2D eigenvalue weighted by molar-refractivity contribution is 5.94. The highest BCUT2D eigenvalue weighted by Gasteiger charge is 2.18. The van der Waals surface area contributed by atoms with Gasteiger partial charge in [0.25, 0.3) is 5.91 Å². The molecule has 0 saturated carbocycles. The highest BCUT2D eigenvalue weighted by Crippen LogP contribution is 2.11. The van der Waals surface area contributed by atoms with E-state index in [-0.39, 0.29) is 24.8 Å². The van der Waals surface area contributed by atoms with E-state index in [1.165, 1.54) is 7.11 Å². The Labute approximate surface area is 122 Å². The van der Waals surface area contributed by atoms with Gasteiger partial charge >= 0.3 is 5.97 Å². The van der Waals surface area contributed by atoms with E-state index in [0.717, 1.165) is 0 Å². The van der Waals surface area contributed by atoms with Gasteiger partial charge in [-0.1, -0.05) is 0 Å². The number of pyridine rings is 1. The maximum atomic E-state index is 12.5. The molecule has 0 bridgehead atoms. The second-order valence-electron chi connectivity index (χ2n) is 4.37. The number of ether oxygens (including phenoxy) is 1. The largest absolute Gasteiger partial charge is 0.469 e. The summed E-state index contributed by atoms with van der Waals surface area (Å²) in [5, 5.41) is 0. The molecule has 0 aromatic carbocycles. The zero-order valence-electron chi connectivity index (χ0n) is 11.7. The fraction of sp³-hybridized carbons (Fsp3) is 0.267. The summed E-state index contributed by atoms with van der Waals surface area (Å²) in [4.78, 5) is 29.2. The van der Waals surface area contributed by atoms with Crippen molar-refractivity contribution in [1.29, 1.82) is 0 Å². The smallest absolute Gasteiger partial charge is 0.307 e. The van der Waals surface area contributed by atoms with Crippen LogP contribution < -0.4 is 0 Å². The summed E-state index contributed by atoms with van der Waals surface area (Å²) in [5.41, 5.74) is 0.515. The van der Waals surface area contributed by atoms with Crippen LogP contribution in [0.25, 0.3) is 0 Å². The van der Waals surface area contributed by atoms with Crippen LogP contribution in [0.2, 0.25) is 0 Å². The van der Waals surface area contributed by atoms with Crippen molar-refractivity contribution in [2.24, 2.45) is 0 Å². The second kappa shape index (κ2) is 7.23. The van der Waals surface area contributed by atoms with Crippen molar-refractivity contribution in [2.45, 2.75) is 13.0 Å². The van der Waals surface area contributed by atoms with E-state index in [9.17, 15) is 9.59 Å². The maximum absolute atomic E-state index is 12.5. The fourth-order valence-corrected chi connectivity index (χ4v) is 1.85. The topological polar surface area (TPSA) is 72.6 Å². The molecule has 2 aromatic heterocycles. The van der Waals surface area contributed by atoms with Crippen molar-refractivity contribution >= 4 is 11.9 Å². The SMILES string of the molecule is COC(=O)CCN(Cc1ccco1)C(=O)c1ccncc1. The molecular formula is C15H16N2O4. The quantitative estimate of drug-likeness (QED) is 0.759. The molecule has 6 nitrogen and oxygen atoms in total. The van der Waals surface area contributed by atoms with E-state index in [1.807, 2.05) is 0 Å². The molecular weight excluding hydrogens is 272 g/mol. The number of carbonyl (C=O) groups excluding carboxylic acids is 2. The van der Waals surface area contributed by atoms with Crippen LogP contribution in [0.4, 0.5) is 0 Å². The molecule has 6 heteroatoms. The molecule has 0 aliphatic rings. The number of furan rings is 1. The Morgan fingerprint density at radius 3 is 2.67 bits per heavy atom. The molecule has 0 spiro atoms. The van der Waals surface area contributed by atoms with Crippen molar-refractivity contribution in [3.8, 4) is 0 Å². The van der Waals surface area contributed by atoms with Gasteiger partial charge in [0, 0.05) is 24.5 Å². The number of amides is 1. The molecule has 0 aliphatic heterocycles. The molecule has 0 saturated heterocycles. The summed E-state index contributed by atoms with van der Waals surface area (Å²) in [7, 11) is 1.32. The number of methoxy groups -OCH3 is 1. The van der Waals surface area contributed by atoms with Crippen LogP contribution in [0.15, 0.2) is 47.3 Å². The van der Waals surface area contributed by atoms with Gasteiger partial charge in [-0.25, -0.2) is 0 Å². The molecule has 21 heavy (non-hydrogen) atoms. The van der Waals surface area contributed by atoms with Crippen molar-refractivity contribution in [3.05, 3.63) is 54.2 Å². The number of hydrogen-bond acceptors (Lipinski definition) is 5. The molecule has 0 unspecified atom stereocenters. The van der Waals surface area contributed by atoms with Gasteiger partial charge in [-0.15, -0.1) is 0 Å². The van der Waals surface area contributed by atoms with E-state index in [2.05, 4.69) is 9.72 Å². The minimum absolute atomic E-state index is 0.133. The molecule has 0 fully saturated rings. The zero-order valence-corrected chi connectivity index (χ0v) is 11.7. The van der Waals surface area contributed by atoms with E-state index < -0.39 is 0 Å². The van der Waals surface area contributed by atoms with Crippen molar-refractivity contribution in [2.75, 3.05) is 13.7 Å². The van der Waals surface area contributed by atoms with E-state index in [0.29, 0.717) is 17.9 Å². The average Bonchev–Trinajstić information content (AvgIpc) is 3.04. The number of aromatic nitrogens is 1. The number of hydrogen-bond donors (Lipinski definition) is 0. The van der Waals surface area contributed by atoms with Gasteiger partial charge in [-0.2, -0.15) is 0 Å². The first-order valence-corrected chi connectivity index (χ1v) is 6.49. The Hall–Kier alpha value is -2.63. The number of esters is 1. The van der Waals surface area contributed by atoms with Gasteiger partial charge in [0.2, 0.25) is 0 Å². The Balaban J connectivity index is 2.10. The van der Waals surface area contributed by atoms with Crippen molar-refractivity contribution in [1.82, 2.24) is 9.88 Å². The number of nitrogens with zero attached hydrogens (tertiary/aromatic N) is 2. The monoisotopic (exact) mass is 288 g/mol. The lowest BCUT2D eigenvalue weighted by atomic mass is 10.2. The normalized spacial score (nSPS) is 10.1. The number of carbonyl (C=O) groups is 2. The molecule has 2 heterocycles. The Kier molecular flexibility index (Phi) is 5.09. The molecule has 0 atom stereocenters. The van der Waals surface area contributed by atoms with Crippen molar-refractivity contribution < 1.29 is 18.7 Å². The van der Waals surface area contributed by atoms with Gasteiger partial charge < -0.3 is 14.1 Å². The van der Waals surface area contributed by atoms with E-state index in [1.54, 1.807) is 47.8 Å². The zero-order chi connectivity index (χ0) is 15.1.